The smallest absolute Gasteiger partial charge is 0.0386 e. The molecule has 0 aliphatic heterocycles. The molecule has 0 nitrogen and oxygen atoms in total. The van der Waals surface area contributed by atoms with Crippen LogP contribution in [0.25, 0.3) is 0 Å². The first-order valence-corrected chi connectivity index (χ1v) is 16.0. The Bertz CT molecular complexity index is 392. The van der Waals surface area contributed by atoms with E-state index in [2.05, 4.69) is 34.6 Å². The molecular formula is C33H68S2. The topological polar surface area (TPSA) is 0 Å². The third-order valence-electron chi connectivity index (χ3n) is 9.48. The van der Waals surface area contributed by atoms with Crippen molar-refractivity contribution >= 4 is 27.0 Å². The summed E-state index contributed by atoms with van der Waals surface area (Å²) < 4.78 is 0. The van der Waals surface area contributed by atoms with E-state index >= 15 is 0 Å². The van der Waals surface area contributed by atoms with Crippen LogP contribution in [0.4, 0.5) is 0 Å². The molecule has 212 valence electrons. The van der Waals surface area contributed by atoms with Gasteiger partial charge in [0, 0.05) is 0 Å². The second kappa shape index (κ2) is 21.6. The lowest BCUT2D eigenvalue weighted by Gasteiger charge is -2.02. The van der Waals surface area contributed by atoms with E-state index in [1.807, 2.05) is 0 Å². The van der Waals surface area contributed by atoms with Gasteiger partial charge in [-0.2, -0.15) is 27.0 Å². The summed E-state index contributed by atoms with van der Waals surface area (Å²) >= 11 is 0. The van der Waals surface area contributed by atoms with Gasteiger partial charge in [0.2, 0.25) is 0 Å². The van der Waals surface area contributed by atoms with Gasteiger partial charge in [-0.1, -0.05) is 144 Å². The molecule has 6 aliphatic carbocycles. The van der Waals surface area contributed by atoms with Crippen LogP contribution >= 0.6 is 27.0 Å². The van der Waals surface area contributed by atoms with Gasteiger partial charge in [0.1, 0.15) is 0 Å². The van der Waals surface area contributed by atoms with Crippen molar-refractivity contribution in [2.45, 2.75) is 169 Å². The molecule has 6 rings (SSSR count). The SMILES string of the molecule is C1CCC(C2CC2)C1.C1CCC(C2CC2)C1.CC1CCCC1.CC1CCCC1.CCC(C)C.S.S. The maximum Gasteiger partial charge on any atom is -0.0386 e. The van der Waals surface area contributed by atoms with Crippen LogP contribution in [0.2, 0.25) is 0 Å². The second-order valence-corrected chi connectivity index (χ2v) is 13.3. The highest BCUT2D eigenvalue weighted by Gasteiger charge is 2.33. The summed E-state index contributed by atoms with van der Waals surface area (Å²) in [6.45, 7) is 11.3. The fourth-order valence-electron chi connectivity index (χ4n) is 6.25. The van der Waals surface area contributed by atoms with Crippen molar-refractivity contribution in [2.75, 3.05) is 0 Å². The minimum absolute atomic E-state index is 0. The van der Waals surface area contributed by atoms with Crippen LogP contribution in [0.5, 0.6) is 0 Å². The summed E-state index contributed by atoms with van der Waals surface area (Å²) in [4.78, 5) is 0. The van der Waals surface area contributed by atoms with E-state index in [0.29, 0.717) is 0 Å². The molecule has 0 radical (unpaired) electrons. The lowest BCUT2D eigenvalue weighted by atomic mass is 10.0. The maximum absolute atomic E-state index is 2.34. The Balaban J connectivity index is 0.000000413. The van der Waals surface area contributed by atoms with Gasteiger partial charge in [-0.3, -0.25) is 0 Å². The highest BCUT2D eigenvalue weighted by molar-refractivity contribution is 7.59. The monoisotopic (exact) mass is 528 g/mol. The van der Waals surface area contributed by atoms with Gasteiger partial charge in [-0.25, -0.2) is 0 Å². The van der Waals surface area contributed by atoms with Crippen LogP contribution < -0.4 is 0 Å². The lowest BCUT2D eigenvalue weighted by Crippen LogP contribution is -1.93. The Kier molecular flexibility index (Phi) is 22.0. The highest BCUT2D eigenvalue weighted by atomic mass is 32.1. The summed E-state index contributed by atoms with van der Waals surface area (Å²) in [5.41, 5.74) is 0. The van der Waals surface area contributed by atoms with Crippen molar-refractivity contribution in [3.05, 3.63) is 0 Å². The van der Waals surface area contributed by atoms with Gasteiger partial charge >= 0.3 is 0 Å². The summed E-state index contributed by atoms with van der Waals surface area (Å²) in [7, 11) is 0. The third-order valence-corrected chi connectivity index (χ3v) is 9.48. The first-order chi connectivity index (χ1) is 16.0. The van der Waals surface area contributed by atoms with E-state index in [9.17, 15) is 0 Å². The summed E-state index contributed by atoms with van der Waals surface area (Å²) in [5.74, 6) is 7.71. The molecule has 2 heteroatoms. The summed E-state index contributed by atoms with van der Waals surface area (Å²) in [6.07, 6.45) is 31.8. The Morgan fingerprint density at radius 2 is 0.629 bits per heavy atom. The summed E-state index contributed by atoms with van der Waals surface area (Å²) in [6, 6.07) is 0. The van der Waals surface area contributed by atoms with Gasteiger partial charge in [0.25, 0.3) is 0 Å². The molecular weight excluding hydrogens is 460 g/mol. The molecule has 0 heterocycles. The standard InChI is InChI=1S/2C8H14.2C6H12.C5H12.2H2S/c2*1-2-4-7(3-1)8-5-6-8;2*1-6-4-2-3-5-6;1-4-5(2)3;;/h2*7-8H,1-6H2;2*6H,2-5H2,1H3;5H,4H2,1-3H3;2*1H2. The molecule has 6 saturated carbocycles. The van der Waals surface area contributed by atoms with Crippen molar-refractivity contribution in [1.29, 1.82) is 0 Å². The Morgan fingerprint density at radius 1 is 0.429 bits per heavy atom. The molecule has 0 atom stereocenters. The molecule has 0 amide bonds. The predicted molar refractivity (Wildman–Crippen MR) is 171 cm³/mol. The van der Waals surface area contributed by atoms with Gasteiger partial charge < -0.3 is 0 Å². The van der Waals surface area contributed by atoms with E-state index in [4.69, 9.17) is 0 Å². The van der Waals surface area contributed by atoms with Crippen LogP contribution in [0.1, 0.15) is 169 Å². The fraction of sp³-hybridized carbons (Fsp3) is 1.00. The Morgan fingerprint density at radius 3 is 0.771 bits per heavy atom. The molecule has 0 aromatic rings. The largest absolute Gasteiger partial charge is 0.197 e. The molecule has 0 spiro atoms. The van der Waals surface area contributed by atoms with Crippen LogP contribution in [-0.4, -0.2) is 0 Å². The van der Waals surface area contributed by atoms with Gasteiger partial charge in [0.15, 0.2) is 0 Å². The Labute approximate surface area is 237 Å². The molecule has 0 aromatic carbocycles. The van der Waals surface area contributed by atoms with Crippen molar-refractivity contribution in [2.24, 2.45) is 41.4 Å². The average Bonchev–Trinajstić information content (AvgIpc) is 3.51. The van der Waals surface area contributed by atoms with Crippen LogP contribution in [-0.2, 0) is 0 Å². The maximum atomic E-state index is 2.34. The third kappa shape index (κ3) is 18.6. The summed E-state index contributed by atoms with van der Waals surface area (Å²) in [5, 5.41) is 0. The van der Waals surface area contributed by atoms with Gasteiger partial charge in [0.05, 0.1) is 0 Å². The first-order valence-electron chi connectivity index (χ1n) is 16.0. The zero-order valence-corrected chi connectivity index (χ0v) is 26.9. The van der Waals surface area contributed by atoms with Crippen molar-refractivity contribution in [3.63, 3.8) is 0 Å². The average molecular weight is 529 g/mol. The fourth-order valence-corrected chi connectivity index (χ4v) is 6.25. The molecule has 6 aliphatic rings. The number of hydrogen-bond acceptors (Lipinski definition) is 0. The second-order valence-electron chi connectivity index (χ2n) is 13.3. The predicted octanol–water partition coefficient (Wildman–Crippen LogP) is 11.8. The van der Waals surface area contributed by atoms with E-state index in [1.54, 1.807) is 51.4 Å². The zero-order chi connectivity index (χ0) is 23.9. The lowest BCUT2D eigenvalue weighted by molar-refractivity contribution is 0.480. The van der Waals surface area contributed by atoms with E-state index < -0.39 is 0 Å². The highest BCUT2D eigenvalue weighted by Crippen LogP contribution is 2.45. The number of hydrogen-bond donors (Lipinski definition) is 0. The quantitative estimate of drug-likeness (QED) is 0.341. The zero-order valence-electron chi connectivity index (χ0n) is 24.9. The van der Waals surface area contributed by atoms with Crippen LogP contribution in [0, 0.1) is 41.4 Å². The molecule has 6 fully saturated rings. The van der Waals surface area contributed by atoms with Crippen LogP contribution in [0.15, 0.2) is 0 Å². The van der Waals surface area contributed by atoms with E-state index in [1.165, 1.54) is 107 Å². The molecule has 0 unspecified atom stereocenters. The van der Waals surface area contributed by atoms with Gasteiger partial charge in [-0.05, 0) is 67.1 Å². The van der Waals surface area contributed by atoms with Crippen molar-refractivity contribution in [1.82, 2.24) is 0 Å². The van der Waals surface area contributed by atoms with Crippen LogP contribution in [0.3, 0.4) is 0 Å². The minimum Gasteiger partial charge on any atom is -0.197 e. The van der Waals surface area contributed by atoms with E-state index in [-0.39, 0.29) is 27.0 Å². The molecule has 0 bridgehead atoms. The van der Waals surface area contributed by atoms with E-state index in [0.717, 1.165) is 17.8 Å². The molecule has 0 saturated heterocycles. The van der Waals surface area contributed by atoms with Gasteiger partial charge in [-0.15, -0.1) is 0 Å². The van der Waals surface area contributed by atoms with Crippen molar-refractivity contribution in [3.8, 4) is 0 Å². The number of rotatable bonds is 3. The molecule has 0 aromatic heterocycles. The first kappa shape index (κ1) is 35.7. The Hall–Kier alpha value is 0.700. The molecule has 0 N–H and O–H groups in total. The minimum atomic E-state index is 0. The normalized spacial score (nSPS) is 24.5. The molecule has 35 heavy (non-hydrogen) atoms. The van der Waals surface area contributed by atoms with Crippen molar-refractivity contribution < 1.29 is 0 Å².